The Morgan fingerprint density at radius 3 is 2.70 bits per heavy atom. The van der Waals surface area contributed by atoms with E-state index >= 15 is 0 Å². The predicted octanol–water partition coefficient (Wildman–Crippen LogP) is 2.40. The smallest absolute Gasteiger partial charge is 0.255 e. The van der Waals surface area contributed by atoms with Crippen molar-refractivity contribution in [1.82, 2.24) is 14.6 Å². The second kappa shape index (κ2) is 6.83. The molecular weight excluding hydrogens is 349 g/mol. The minimum atomic E-state index is -0.357. The first kappa shape index (κ1) is 17.2. The highest BCUT2D eigenvalue weighted by Crippen LogP contribution is 2.20. The molecule has 0 radical (unpaired) electrons. The Kier molecular flexibility index (Phi) is 4.35. The molecule has 1 amide bonds. The maximum Gasteiger partial charge on any atom is 0.255 e. The maximum atomic E-state index is 13.2. The second-order valence-corrected chi connectivity index (χ2v) is 6.69. The molecule has 0 bridgehead atoms. The van der Waals surface area contributed by atoms with Crippen LogP contribution in [-0.2, 0) is 24.2 Å². The van der Waals surface area contributed by atoms with Crippen LogP contribution < -0.4 is 5.56 Å². The van der Waals surface area contributed by atoms with E-state index < -0.39 is 0 Å². The number of hydrogen-bond acceptors (Lipinski definition) is 4. The fourth-order valence-electron chi connectivity index (χ4n) is 3.31. The molecule has 0 fully saturated rings. The number of aryl methyl sites for hydroxylation is 1. The number of halogens is 1. The molecule has 138 valence electrons. The molecule has 7 heteroatoms. The molecule has 1 aliphatic rings. The van der Waals surface area contributed by atoms with Gasteiger partial charge in [0, 0.05) is 37.1 Å². The van der Waals surface area contributed by atoms with E-state index in [-0.39, 0.29) is 23.7 Å². The lowest BCUT2D eigenvalue weighted by molar-refractivity contribution is -0.131. The molecule has 1 aromatic carbocycles. The van der Waals surface area contributed by atoms with Gasteiger partial charge in [-0.2, -0.15) is 0 Å². The van der Waals surface area contributed by atoms with Gasteiger partial charge in [0.25, 0.3) is 5.56 Å². The number of amides is 1. The molecule has 3 aromatic rings. The Labute approximate surface area is 154 Å². The summed E-state index contributed by atoms with van der Waals surface area (Å²) in [5.74, 6) is 0.139. The van der Waals surface area contributed by atoms with Crippen LogP contribution in [-0.4, -0.2) is 27.1 Å². The lowest BCUT2D eigenvalue weighted by Crippen LogP contribution is -2.38. The van der Waals surface area contributed by atoms with Crippen LogP contribution >= 0.6 is 0 Å². The summed E-state index contributed by atoms with van der Waals surface area (Å²) >= 11 is 0. The summed E-state index contributed by atoms with van der Waals surface area (Å²) in [5, 5.41) is 3.80. The SMILES string of the molecule is Cc1cc(CC(=O)N2CCc3cc(=O)n(-c4ccc(F)cc4)cc3C2)on1. The van der Waals surface area contributed by atoms with Crippen LogP contribution in [0.15, 0.2) is 51.9 Å². The van der Waals surface area contributed by atoms with Crippen molar-refractivity contribution < 1.29 is 13.7 Å². The van der Waals surface area contributed by atoms with Gasteiger partial charge in [-0.25, -0.2) is 4.39 Å². The number of aromatic nitrogens is 2. The Morgan fingerprint density at radius 2 is 2.00 bits per heavy atom. The quantitative estimate of drug-likeness (QED) is 0.713. The highest BCUT2D eigenvalue weighted by molar-refractivity contribution is 5.78. The Morgan fingerprint density at radius 1 is 1.22 bits per heavy atom. The average Bonchev–Trinajstić information content (AvgIpc) is 3.06. The van der Waals surface area contributed by atoms with Crippen LogP contribution in [0.2, 0.25) is 0 Å². The molecule has 3 heterocycles. The number of carbonyl (C=O) groups excluding carboxylic acids is 1. The van der Waals surface area contributed by atoms with Crippen LogP contribution in [0.1, 0.15) is 22.6 Å². The van der Waals surface area contributed by atoms with Gasteiger partial charge in [-0.15, -0.1) is 0 Å². The standard InChI is InChI=1S/C20H18FN3O3/c1-13-8-18(27-22-13)10-19(25)23-7-6-14-9-20(26)24(12-15(14)11-23)17-4-2-16(21)3-5-17/h2-5,8-9,12H,6-7,10-11H2,1H3. The molecule has 0 unspecified atom stereocenters. The van der Waals surface area contributed by atoms with Crippen molar-refractivity contribution in [1.29, 1.82) is 0 Å². The van der Waals surface area contributed by atoms with Gasteiger partial charge in [-0.05, 0) is 48.7 Å². The first-order valence-electron chi connectivity index (χ1n) is 8.70. The summed E-state index contributed by atoms with van der Waals surface area (Å²) in [4.78, 5) is 26.7. The topological polar surface area (TPSA) is 68.3 Å². The minimum Gasteiger partial charge on any atom is -0.361 e. The number of rotatable bonds is 3. The number of fused-ring (bicyclic) bond motifs is 1. The summed E-state index contributed by atoms with van der Waals surface area (Å²) in [5.41, 5.74) is 3.01. The van der Waals surface area contributed by atoms with E-state index in [1.54, 1.807) is 35.4 Å². The Bertz CT molecular complexity index is 1050. The van der Waals surface area contributed by atoms with Crippen molar-refractivity contribution in [3.63, 3.8) is 0 Å². The molecule has 0 atom stereocenters. The van der Waals surface area contributed by atoms with Gasteiger partial charge in [0.05, 0.1) is 12.1 Å². The van der Waals surface area contributed by atoms with Crippen LogP contribution in [0.25, 0.3) is 5.69 Å². The third-order valence-corrected chi connectivity index (χ3v) is 4.70. The lowest BCUT2D eigenvalue weighted by atomic mass is 10.0. The number of nitrogens with zero attached hydrogens (tertiary/aromatic N) is 3. The molecule has 27 heavy (non-hydrogen) atoms. The van der Waals surface area contributed by atoms with Crippen molar-refractivity contribution in [3.8, 4) is 5.69 Å². The zero-order valence-corrected chi connectivity index (χ0v) is 14.8. The fourth-order valence-corrected chi connectivity index (χ4v) is 3.31. The molecule has 0 saturated carbocycles. The van der Waals surface area contributed by atoms with E-state index in [4.69, 9.17) is 4.52 Å². The molecular formula is C20H18FN3O3. The maximum absolute atomic E-state index is 13.2. The largest absolute Gasteiger partial charge is 0.361 e. The molecule has 2 aromatic heterocycles. The number of benzene rings is 1. The monoisotopic (exact) mass is 367 g/mol. The Balaban J connectivity index is 1.58. The van der Waals surface area contributed by atoms with Gasteiger partial charge >= 0.3 is 0 Å². The van der Waals surface area contributed by atoms with Gasteiger partial charge in [0.1, 0.15) is 11.6 Å². The first-order valence-corrected chi connectivity index (χ1v) is 8.70. The van der Waals surface area contributed by atoms with Gasteiger partial charge in [-0.1, -0.05) is 5.16 Å². The van der Waals surface area contributed by atoms with Crippen LogP contribution in [0, 0.1) is 12.7 Å². The number of carbonyl (C=O) groups is 1. The number of pyridine rings is 1. The highest BCUT2D eigenvalue weighted by Gasteiger charge is 2.23. The van der Waals surface area contributed by atoms with E-state index in [1.807, 2.05) is 6.92 Å². The molecule has 1 aliphatic heterocycles. The van der Waals surface area contributed by atoms with Crippen molar-refractivity contribution >= 4 is 5.91 Å². The van der Waals surface area contributed by atoms with Gasteiger partial charge < -0.3 is 9.42 Å². The van der Waals surface area contributed by atoms with E-state index in [0.717, 1.165) is 16.8 Å². The molecule has 0 spiro atoms. The van der Waals surface area contributed by atoms with E-state index in [9.17, 15) is 14.0 Å². The molecule has 0 aliphatic carbocycles. The second-order valence-electron chi connectivity index (χ2n) is 6.69. The van der Waals surface area contributed by atoms with Crippen molar-refractivity contribution in [2.45, 2.75) is 26.3 Å². The van der Waals surface area contributed by atoms with E-state index in [2.05, 4.69) is 5.16 Å². The van der Waals surface area contributed by atoms with Gasteiger partial charge in [0.2, 0.25) is 5.91 Å². The molecule has 0 N–H and O–H groups in total. The number of hydrogen-bond donors (Lipinski definition) is 0. The summed E-state index contributed by atoms with van der Waals surface area (Å²) in [7, 11) is 0. The lowest BCUT2D eigenvalue weighted by Gasteiger charge is -2.29. The molecule has 0 saturated heterocycles. The average molecular weight is 367 g/mol. The van der Waals surface area contributed by atoms with Crippen LogP contribution in [0.5, 0.6) is 0 Å². The molecule has 4 rings (SSSR count). The highest BCUT2D eigenvalue weighted by atomic mass is 19.1. The van der Waals surface area contributed by atoms with Crippen LogP contribution in [0.3, 0.4) is 0 Å². The molecule has 6 nitrogen and oxygen atoms in total. The zero-order chi connectivity index (χ0) is 19.0. The summed E-state index contributed by atoms with van der Waals surface area (Å²) in [6.45, 7) is 2.78. The normalized spacial score (nSPS) is 13.5. The van der Waals surface area contributed by atoms with E-state index in [1.165, 1.54) is 16.7 Å². The summed E-state index contributed by atoms with van der Waals surface area (Å²) < 4.78 is 19.8. The van der Waals surface area contributed by atoms with Crippen LogP contribution in [0.4, 0.5) is 4.39 Å². The van der Waals surface area contributed by atoms with Crippen molar-refractivity contribution in [2.75, 3.05) is 6.54 Å². The third kappa shape index (κ3) is 3.53. The van der Waals surface area contributed by atoms with Crippen molar-refractivity contribution in [3.05, 3.63) is 81.3 Å². The fraction of sp³-hybridized carbons (Fsp3) is 0.250. The van der Waals surface area contributed by atoms with Gasteiger partial charge in [0.15, 0.2) is 0 Å². The first-order chi connectivity index (χ1) is 13.0. The Hall–Kier alpha value is -3.22. The zero-order valence-electron chi connectivity index (χ0n) is 14.8. The van der Waals surface area contributed by atoms with E-state index in [0.29, 0.717) is 31.0 Å². The van der Waals surface area contributed by atoms with Crippen molar-refractivity contribution in [2.24, 2.45) is 0 Å². The summed E-state index contributed by atoms with van der Waals surface area (Å²) in [6, 6.07) is 9.09. The third-order valence-electron chi connectivity index (χ3n) is 4.70. The predicted molar refractivity (Wildman–Crippen MR) is 96.1 cm³/mol. The summed E-state index contributed by atoms with van der Waals surface area (Å²) in [6.07, 6.45) is 2.52. The van der Waals surface area contributed by atoms with Gasteiger partial charge in [-0.3, -0.25) is 14.2 Å². The minimum absolute atomic E-state index is 0.0451.